The molecular weight excluding hydrogens is 398 g/mol. The first kappa shape index (κ1) is 12.7. The van der Waals surface area contributed by atoms with Crippen LogP contribution >= 0.6 is 43.2 Å². The summed E-state index contributed by atoms with van der Waals surface area (Å²) in [5.41, 5.74) is 4.97. The first-order valence-electron chi connectivity index (χ1n) is 6.26. The number of nitrogens with zero attached hydrogens (tertiary/aromatic N) is 1. The number of thiazole rings is 1. The van der Waals surface area contributed by atoms with Gasteiger partial charge in [0.1, 0.15) is 5.01 Å². The number of rotatable bonds is 1. The third-order valence-corrected chi connectivity index (χ3v) is 5.75. The molecule has 0 amide bonds. The van der Waals surface area contributed by atoms with E-state index < -0.39 is 0 Å². The zero-order valence-corrected chi connectivity index (χ0v) is 14.3. The standard InChI is InChI=1S/C16H9Br2NS/c17-10-5-6-11-9(7-10)8-14-15(11)19-16(20-14)12-3-1-2-4-13(12)18/h1-7H,8H2. The van der Waals surface area contributed by atoms with Crippen LogP contribution in [0.5, 0.6) is 0 Å². The molecule has 4 heteroatoms. The van der Waals surface area contributed by atoms with Gasteiger partial charge in [-0.1, -0.05) is 56.1 Å². The number of hydrogen-bond donors (Lipinski definition) is 0. The van der Waals surface area contributed by atoms with Gasteiger partial charge in [0.15, 0.2) is 0 Å². The summed E-state index contributed by atoms with van der Waals surface area (Å²) in [5, 5.41) is 1.09. The van der Waals surface area contributed by atoms with Crippen LogP contribution in [0.1, 0.15) is 10.4 Å². The molecule has 1 nitrogen and oxygen atoms in total. The average Bonchev–Trinajstić information content (AvgIpc) is 2.96. The summed E-state index contributed by atoms with van der Waals surface area (Å²) in [6, 6.07) is 14.7. The zero-order chi connectivity index (χ0) is 13.7. The SMILES string of the molecule is Brc1ccc2c(c1)Cc1sc(-c3ccccc3Br)nc1-2. The molecule has 0 radical (unpaired) electrons. The predicted molar refractivity (Wildman–Crippen MR) is 91.2 cm³/mol. The van der Waals surface area contributed by atoms with Gasteiger partial charge in [-0.05, 0) is 23.8 Å². The highest BCUT2D eigenvalue weighted by Gasteiger charge is 2.24. The second-order valence-electron chi connectivity index (χ2n) is 4.75. The Balaban J connectivity index is 1.85. The van der Waals surface area contributed by atoms with Gasteiger partial charge in [-0.15, -0.1) is 11.3 Å². The molecule has 1 aliphatic rings. The van der Waals surface area contributed by atoms with E-state index in [1.807, 2.05) is 6.07 Å². The van der Waals surface area contributed by atoms with Crippen LogP contribution in [0.15, 0.2) is 51.4 Å². The molecule has 4 rings (SSSR count). The molecule has 0 aliphatic heterocycles. The maximum Gasteiger partial charge on any atom is 0.125 e. The second kappa shape index (κ2) is 4.79. The summed E-state index contributed by atoms with van der Waals surface area (Å²) in [5.74, 6) is 0. The smallest absolute Gasteiger partial charge is 0.125 e. The molecule has 0 unspecified atom stereocenters. The van der Waals surface area contributed by atoms with Gasteiger partial charge < -0.3 is 0 Å². The first-order valence-corrected chi connectivity index (χ1v) is 8.66. The van der Waals surface area contributed by atoms with Crippen LogP contribution in [0.4, 0.5) is 0 Å². The van der Waals surface area contributed by atoms with E-state index in [0.29, 0.717) is 0 Å². The molecule has 20 heavy (non-hydrogen) atoms. The van der Waals surface area contributed by atoms with Crippen molar-refractivity contribution in [3.8, 4) is 21.8 Å². The highest BCUT2D eigenvalue weighted by molar-refractivity contribution is 9.10. The zero-order valence-electron chi connectivity index (χ0n) is 10.4. The molecule has 1 aliphatic carbocycles. The van der Waals surface area contributed by atoms with E-state index in [-0.39, 0.29) is 0 Å². The minimum absolute atomic E-state index is 0.992. The Kier molecular flexibility index (Phi) is 3.05. The van der Waals surface area contributed by atoms with E-state index in [0.717, 1.165) is 26.1 Å². The van der Waals surface area contributed by atoms with E-state index in [1.165, 1.54) is 21.6 Å². The molecule has 98 valence electrons. The maximum atomic E-state index is 4.87. The number of halogens is 2. The van der Waals surface area contributed by atoms with Crippen molar-refractivity contribution in [3.63, 3.8) is 0 Å². The highest BCUT2D eigenvalue weighted by atomic mass is 79.9. The Morgan fingerprint density at radius 3 is 2.70 bits per heavy atom. The normalized spacial score (nSPS) is 12.3. The lowest BCUT2D eigenvalue weighted by Gasteiger charge is -2.02. The third kappa shape index (κ3) is 1.98. The highest BCUT2D eigenvalue weighted by Crippen LogP contribution is 2.43. The summed E-state index contributed by atoms with van der Waals surface area (Å²) >= 11 is 8.94. The quantitative estimate of drug-likeness (QED) is 0.383. The average molecular weight is 407 g/mol. The number of hydrogen-bond acceptors (Lipinski definition) is 2. The molecule has 0 spiro atoms. The summed E-state index contributed by atoms with van der Waals surface area (Å²) in [6.45, 7) is 0. The van der Waals surface area contributed by atoms with Crippen LogP contribution in [-0.2, 0) is 6.42 Å². The Hall–Kier alpha value is -0.970. The van der Waals surface area contributed by atoms with Gasteiger partial charge in [0.05, 0.1) is 5.69 Å². The second-order valence-corrected chi connectivity index (χ2v) is 7.60. The molecule has 1 heterocycles. The van der Waals surface area contributed by atoms with Crippen molar-refractivity contribution in [2.24, 2.45) is 0 Å². The van der Waals surface area contributed by atoms with Crippen molar-refractivity contribution >= 4 is 43.2 Å². The van der Waals surface area contributed by atoms with Gasteiger partial charge >= 0.3 is 0 Å². The molecule has 3 aromatic rings. The fraction of sp³-hybridized carbons (Fsp3) is 0.0625. The van der Waals surface area contributed by atoms with Gasteiger partial charge in [0, 0.05) is 31.4 Å². The summed E-state index contributed by atoms with van der Waals surface area (Å²) in [7, 11) is 0. The number of benzene rings is 2. The van der Waals surface area contributed by atoms with E-state index in [9.17, 15) is 0 Å². The monoisotopic (exact) mass is 405 g/mol. The molecule has 0 atom stereocenters. The molecule has 0 N–H and O–H groups in total. The summed E-state index contributed by atoms with van der Waals surface area (Å²) in [4.78, 5) is 6.23. The summed E-state index contributed by atoms with van der Waals surface area (Å²) < 4.78 is 2.24. The lowest BCUT2D eigenvalue weighted by atomic mass is 10.1. The summed E-state index contributed by atoms with van der Waals surface area (Å²) in [6.07, 6.45) is 0.992. The van der Waals surface area contributed by atoms with Crippen LogP contribution < -0.4 is 0 Å². The topological polar surface area (TPSA) is 12.9 Å². The third-order valence-electron chi connectivity index (χ3n) is 3.48. The van der Waals surface area contributed by atoms with Gasteiger partial charge in [0.25, 0.3) is 0 Å². The van der Waals surface area contributed by atoms with Crippen LogP contribution in [-0.4, -0.2) is 4.98 Å². The predicted octanol–water partition coefficient (Wildman–Crippen LogP) is 5.91. The van der Waals surface area contributed by atoms with Crippen molar-refractivity contribution in [3.05, 3.63) is 61.9 Å². The number of aromatic nitrogens is 1. The van der Waals surface area contributed by atoms with Crippen LogP contribution in [0, 0.1) is 0 Å². The van der Waals surface area contributed by atoms with Crippen molar-refractivity contribution in [1.29, 1.82) is 0 Å². The molecular formula is C16H9Br2NS. The largest absolute Gasteiger partial charge is 0.236 e. The minimum Gasteiger partial charge on any atom is -0.236 e. The van der Waals surface area contributed by atoms with Crippen molar-refractivity contribution in [2.75, 3.05) is 0 Å². The van der Waals surface area contributed by atoms with E-state index >= 15 is 0 Å². The maximum absolute atomic E-state index is 4.87. The molecule has 0 bridgehead atoms. The van der Waals surface area contributed by atoms with Gasteiger partial charge in [-0.2, -0.15) is 0 Å². The van der Waals surface area contributed by atoms with Gasteiger partial charge in [-0.3, -0.25) is 0 Å². The van der Waals surface area contributed by atoms with Crippen LogP contribution in [0.2, 0.25) is 0 Å². The Labute approximate surface area is 137 Å². The molecule has 0 saturated carbocycles. The Morgan fingerprint density at radius 1 is 1.00 bits per heavy atom. The van der Waals surface area contributed by atoms with Gasteiger partial charge in [0.2, 0.25) is 0 Å². The van der Waals surface area contributed by atoms with Gasteiger partial charge in [-0.25, -0.2) is 4.98 Å². The molecule has 0 fully saturated rings. The molecule has 1 aromatic heterocycles. The lowest BCUT2D eigenvalue weighted by molar-refractivity contribution is 1.30. The fourth-order valence-electron chi connectivity index (χ4n) is 2.54. The minimum atomic E-state index is 0.992. The van der Waals surface area contributed by atoms with Crippen LogP contribution in [0.25, 0.3) is 21.8 Å². The molecule has 2 aromatic carbocycles. The Morgan fingerprint density at radius 2 is 1.85 bits per heavy atom. The fourth-order valence-corrected chi connectivity index (χ4v) is 4.69. The van der Waals surface area contributed by atoms with E-state index in [2.05, 4.69) is 68.3 Å². The van der Waals surface area contributed by atoms with E-state index in [1.54, 1.807) is 11.3 Å². The van der Waals surface area contributed by atoms with Crippen LogP contribution in [0.3, 0.4) is 0 Å². The van der Waals surface area contributed by atoms with Crippen molar-refractivity contribution < 1.29 is 0 Å². The Bertz CT molecular complexity index is 823. The first-order chi connectivity index (χ1) is 9.72. The van der Waals surface area contributed by atoms with E-state index in [4.69, 9.17) is 4.98 Å². The lowest BCUT2D eigenvalue weighted by Crippen LogP contribution is -1.83. The number of fused-ring (bicyclic) bond motifs is 3. The van der Waals surface area contributed by atoms with Crippen molar-refractivity contribution in [2.45, 2.75) is 6.42 Å². The van der Waals surface area contributed by atoms with Crippen molar-refractivity contribution in [1.82, 2.24) is 4.98 Å². The molecule has 0 saturated heterocycles.